The first-order chi connectivity index (χ1) is 14.5. The molecule has 2 atom stereocenters. The summed E-state index contributed by atoms with van der Waals surface area (Å²) in [4.78, 5) is 37.3. The number of imidazole rings is 1. The molecule has 0 aromatic carbocycles. The molecule has 0 spiro atoms. The number of thioether (sulfide) groups is 1. The Morgan fingerprint density at radius 2 is 2.03 bits per heavy atom. The van der Waals surface area contributed by atoms with Gasteiger partial charge in [-0.15, -0.1) is 11.8 Å². The van der Waals surface area contributed by atoms with E-state index in [-0.39, 0.29) is 17.3 Å². The van der Waals surface area contributed by atoms with Crippen LogP contribution >= 0.6 is 11.8 Å². The highest BCUT2D eigenvalue weighted by atomic mass is 32.2. The van der Waals surface area contributed by atoms with E-state index < -0.39 is 0 Å². The van der Waals surface area contributed by atoms with Crippen LogP contribution in [0.2, 0.25) is 0 Å². The maximum Gasteiger partial charge on any atom is 0.246 e. The van der Waals surface area contributed by atoms with Crippen molar-refractivity contribution in [1.82, 2.24) is 34.4 Å². The summed E-state index contributed by atoms with van der Waals surface area (Å²) in [5, 5.41) is 3.54. The van der Waals surface area contributed by atoms with Crippen molar-refractivity contribution in [3.8, 4) is 11.4 Å². The maximum atomic E-state index is 13.1. The standard InChI is InChI=1S/C20H26N8OS/c1-5-15(20(29)28-7-8-30-13(28)4)25-17-16-19(24-11-23-17)27(6-2)18(26-16)14-9-21-12(3)22-10-14/h9-11,13,15H,5-8H2,1-4H3,(H,23,24,25)/t13-,15+/m0/s1. The summed E-state index contributed by atoms with van der Waals surface area (Å²) >= 11 is 1.80. The van der Waals surface area contributed by atoms with Gasteiger partial charge in [-0.25, -0.2) is 24.9 Å². The summed E-state index contributed by atoms with van der Waals surface area (Å²) in [6.07, 6.45) is 5.70. The van der Waals surface area contributed by atoms with Crippen LogP contribution in [0.5, 0.6) is 0 Å². The highest BCUT2D eigenvalue weighted by Gasteiger charge is 2.31. The number of anilines is 1. The summed E-state index contributed by atoms with van der Waals surface area (Å²) in [5.41, 5.74) is 2.18. The fourth-order valence-corrected chi connectivity index (χ4v) is 4.69. The van der Waals surface area contributed by atoms with Crippen molar-refractivity contribution in [3.63, 3.8) is 0 Å². The lowest BCUT2D eigenvalue weighted by atomic mass is 10.2. The Morgan fingerprint density at radius 1 is 1.27 bits per heavy atom. The fraction of sp³-hybridized carbons (Fsp3) is 0.500. The molecule has 0 unspecified atom stereocenters. The molecule has 1 N–H and O–H groups in total. The van der Waals surface area contributed by atoms with Crippen LogP contribution in [0.15, 0.2) is 18.7 Å². The van der Waals surface area contributed by atoms with E-state index >= 15 is 0 Å². The van der Waals surface area contributed by atoms with Gasteiger partial charge in [-0.3, -0.25) is 4.79 Å². The molecule has 30 heavy (non-hydrogen) atoms. The fourth-order valence-electron chi connectivity index (χ4n) is 3.66. The van der Waals surface area contributed by atoms with Crippen LogP contribution < -0.4 is 5.32 Å². The number of fused-ring (bicyclic) bond motifs is 1. The summed E-state index contributed by atoms with van der Waals surface area (Å²) < 4.78 is 2.01. The van der Waals surface area contributed by atoms with Gasteiger partial charge in [-0.2, -0.15) is 0 Å². The molecule has 1 amide bonds. The average Bonchev–Trinajstić information content (AvgIpc) is 3.35. The van der Waals surface area contributed by atoms with Gasteiger partial charge in [0.05, 0.1) is 10.9 Å². The van der Waals surface area contributed by atoms with Crippen molar-refractivity contribution in [2.24, 2.45) is 0 Å². The highest BCUT2D eigenvalue weighted by molar-refractivity contribution is 8.00. The minimum atomic E-state index is -0.359. The lowest BCUT2D eigenvalue weighted by Gasteiger charge is -2.26. The Balaban J connectivity index is 1.70. The van der Waals surface area contributed by atoms with Gasteiger partial charge < -0.3 is 14.8 Å². The normalized spacial score (nSPS) is 17.5. The van der Waals surface area contributed by atoms with Gasteiger partial charge in [0.2, 0.25) is 5.91 Å². The monoisotopic (exact) mass is 426 g/mol. The van der Waals surface area contributed by atoms with Crippen molar-refractivity contribution in [1.29, 1.82) is 0 Å². The molecule has 1 saturated heterocycles. The Kier molecular flexibility index (Phi) is 5.85. The van der Waals surface area contributed by atoms with E-state index in [1.807, 2.05) is 30.2 Å². The minimum Gasteiger partial charge on any atom is -0.356 e. The molecular formula is C20H26N8OS. The second kappa shape index (κ2) is 8.55. The van der Waals surface area contributed by atoms with E-state index in [9.17, 15) is 4.79 Å². The van der Waals surface area contributed by atoms with Gasteiger partial charge in [0.25, 0.3) is 0 Å². The summed E-state index contributed by atoms with van der Waals surface area (Å²) in [5.74, 6) is 3.09. The van der Waals surface area contributed by atoms with Crippen LogP contribution in [0, 0.1) is 6.92 Å². The molecule has 1 aliphatic rings. The molecule has 0 saturated carbocycles. The molecule has 0 aliphatic carbocycles. The quantitative estimate of drug-likeness (QED) is 0.642. The molecule has 10 heteroatoms. The topological polar surface area (TPSA) is 102 Å². The van der Waals surface area contributed by atoms with Crippen LogP contribution in [0.4, 0.5) is 5.82 Å². The number of carbonyl (C=O) groups excluding carboxylic acids is 1. The van der Waals surface area contributed by atoms with Crippen LogP contribution in [0.25, 0.3) is 22.6 Å². The van der Waals surface area contributed by atoms with Gasteiger partial charge in [0, 0.05) is 31.2 Å². The molecule has 158 valence electrons. The zero-order valence-corrected chi connectivity index (χ0v) is 18.5. The number of aryl methyl sites for hydroxylation is 2. The zero-order valence-electron chi connectivity index (χ0n) is 17.7. The first-order valence-corrected chi connectivity index (χ1v) is 11.3. The number of aromatic nitrogens is 6. The molecule has 3 aromatic rings. The molecule has 0 bridgehead atoms. The average molecular weight is 427 g/mol. The number of amides is 1. The number of nitrogens with one attached hydrogen (secondary N) is 1. The Morgan fingerprint density at radius 3 is 2.67 bits per heavy atom. The lowest BCUT2D eigenvalue weighted by molar-refractivity contribution is -0.131. The summed E-state index contributed by atoms with van der Waals surface area (Å²) in [6.45, 7) is 9.44. The van der Waals surface area contributed by atoms with Crippen molar-refractivity contribution >= 4 is 34.7 Å². The van der Waals surface area contributed by atoms with E-state index in [2.05, 4.69) is 32.2 Å². The predicted octanol–water partition coefficient (Wildman–Crippen LogP) is 2.72. The number of nitrogens with zero attached hydrogens (tertiary/aromatic N) is 7. The molecular weight excluding hydrogens is 400 g/mol. The van der Waals surface area contributed by atoms with E-state index in [0.717, 1.165) is 29.3 Å². The molecule has 1 aliphatic heterocycles. The van der Waals surface area contributed by atoms with Gasteiger partial charge >= 0.3 is 0 Å². The van der Waals surface area contributed by atoms with Gasteiger partial charge in [0.1, 0.15) is 24.0 Å². The van der Waals surface area contributed by atoms with E-state index in [4.69, 9.17) is 4.98 Å². The lowest BCUT2D eigenvalue weighted by Crippen LogP contribution is -2.44. The Labute approximate surface area is 179 Å². The molecule has 9 nitrogen and oxygen atoms in total. The van der Waals surface area contributed by atoms with Crippen molar-refractivity contribution in [2.75, 3.05) is 17.6 Å². The van der Waals surface area contributed by atoms with Crippen LogP contribution in [-0.4, -0.2) is 64.0 Å². The highest BCUT2D eigenvalue weighted by Crippen LogP contribution is 2.28. The summed E-state index contributed by atoms with van der Waals surface area (Å²) in [7, 11) is 0. The first-order valence-electron chi connectivity index (χ1n) is 10.2. The predicted molar refractivity (Wildman–Crippen MR) is 118 cm³/mol. The number of hydrogen-bond donors (Lipinski definition) is 1. The van der Waals surface area contributed by atoms with Crippen molar-refractivity contribution in [3.05, 3.63) is 24.5 Å². The Bertz CT molecular complexity index is 1050. The largest absolute Gasteiger partial charge is 0.356 e. The van der Waals surface area contributed by atoms with Crippen LogP contribution in [-0.2, 0) is 11.3 Å². The van der Waals surface area contributed by atoms with Crippen LogP contribution in [0.3, 0.4) is 0 Å². The maximum absolute atomic E-state index is 13.1. The Hall–Kier alpha value is -2.75. The van der Waals surface area contributed by atoms with Crippen molar-refractivity contribution < 1.29 is 4.79 Å². The second-order valence-corrected chi connectivity index (χ2v) is 8.62. The number of carbonyl (C=O) groups is 1. The second-order valence-electron chi connectivity index (χ2n) is 7.20. The molecule has 1 fully saturated rings. The van der Waals surface area contributed by atoms with Crippen molar-refractivity contribution in [2.45, 2.75) is 52.1 Å². The van der Waals surface area contributed by atoms with Gasteiger partial charge in [-0.1, -0.05) is 6.92 Å². The first kappa shape index (κ1) is 20.5. The van der Waals surface area contributed by atoms with Gasteiger partial charge in [-0.05, 0) is 27.2 Å². The number of rotatable bonds is 6. The third-order valence-electron chi connectivity index (χ3n) is 5.32. The van der Waals surface area contributed by atoms with Gasteiger partial charge in [0.15, 0.2) is 17.0 Å². The molecule has 4 heterocycles. The summed E-state index contributed by atoms with van der Waals surface area (Å²) in [6, 6.07) is -0.359. The smallest absolute Gasteiger partial charge is 0.246 e. The van der Waals surface area contributed by atoms with Crippen LogP contribution in [0.1, 0.15) is 33.0 Å². The van der Waals surface area contributed by atoms with E-state index in [1.165, 1.54) is 6.33 Å². The zero-order chi connectivity index (χ0) is 21.3. The van der Waals surface area contributed by atoms with E-state index in [1.54, 1.807) is 24.2 Å². The molecule has 4 rings (SSSR count). The number of hydrogen-bond acceptors (Lipinski definition) is 8. The third-order valence-corrected chi connectivity index (χ3v) is 6.47. The molecule has 0 radical (unpaired) electrons. The third kappa shape index (κ3) is 3.71. The minimum absolute atomic E-state index is 0.101. The SMILES string of the molecule is CC[C@@H](Nc1ncnc2c1nc(-c1cnc(C)nc1)n2CC)C(=O)N1CCS[C@H]1C. The van der Waals surface area contributed by atoms with E-state index in [0.29, 0.717) is 30.1 Å². The molecule has 3 aromatic heterocycles.